The number of aliphatic imine (C=N–C) groups is 1. The van der Waals surface area contributed by atoms with Gasteiger partial charge in [-0.3, -0.25) is 4.79 Å². The number of hydrogen-bond donors (Lipinski definition) is 2. The molecule has 0 amide bonds. The number of ketones is 1. The number of allylic oxidation sites excluding steroid dienone is 2. The maximum absolute atomic E-state index is 12.0. The molecule has 0 radical (unpaired) electrons. The first-order valence-electron chi connectivity index (χ1n) is 6.09. The summed E-state index contributed by atoms with van der Waals surface area (Å²) in [7, 11) is 0. The summed E-state index contributed by atoms with van der Waals surface area (Å²) in [6.07, 6.45) is 3.79. The molecule has 0 spiro atoms. The van der Waals surface area contributed by atoms with Crippen LogP contribution < -0.4 is 5.73 Å². The van der Waals surface area contributed by atoms with Crippen LogP contribution in [0.2, 0.25) is 0 Å². The van der Waals surface area contributed by atoms with E-state index in [9.17, 15) is 9.90 Å². The molecule has 5 nitrogen and oxygen atoms in total. The fourth-order valence-electron chi connectivity index (χ4n) is 2.09. The molecule has 0 unspecified atom stereocenters. The van der Waals surface area contributed by atoms with Crippen molar-refractivity contribution in [3.8, 4) is 0 Å². The number of Topliss-reactive ketones (excluding diaryl/α,β-unsaturated/α-hetero) is 1. The number of aliphatic hydroxyl groups is 1. The van der Waals surface area contributed by atoms with Crippen LogP contribution in [0.25, 0.3) is 0 Å². The highest BCUT2D eigenvalue weighted by Gasteiger charge is 2.32. The number of anilines is 1. The minimum atomic E-state index is -0.206. The topological polar surface area (TPSA) is 88.6 Å². The fraction of sp³-hybridized carbons (Fsp3) is 0.357. The SMILES string of the molecule is CC1(C)CC(=O)C(/C=N/c2ncccc2N)=C(O)C1. The Balaban J connectivity index is 2.28. The summed E-state index contributed by atoms with van der Waals surface area (Å²) in [5, 5.41) is 9.94. The lowest BCUT2D eigenvalue weighted by Gasteiger charge is -2.28. The van der Waals surface area contributed by atoms with Crippen molar-refractivity contribution in [1.82, 2.24) is 4.98 Å². The highest BCUT2D eigenvalue weighted by molar-refractivity contribution is 6.15. The molecule has 0 saturated carbocycles. The zero-order valence-electron chi connectivity index (χ0n) is 11.1. The molecule has 5 heteroatoms. The average molecular weight is 259 g/mol. The Bertz CT molecular complexity index is 574. The first kappa shape index (κ1) is 13.3. The number of nitrogens with two attached hydrogens (primary N) is 1. The van der Waals surface area contributed by atoms with Gasteiger partial charge in [0.05, 0.1) is 11.3 Å². The first-order valence-corrected chi connectivity index (χ1v) is 6.09. The van der Waals surface area contributed by atoms with E-state index in [1.807, 2.05) is 13.8 Å². The van der Waals surface area contributed by atoms with E-state index in [0.29, 0.717) is 24.3 Å². The van der Waals surface area contributed by atoms with Gasteiger partial charge in [0.25, 0.3) is 0 Å². The summed E-state index contributed by atoms with van der Waals surface area (Å²) in [4.78, 5) is 20.0. The van der Waals surface area contributed by atoms with E-state index in [0.717, 1.165) is 0 Å². The number of aromatic nitrogens is 1. The molecule has 19 heavy (non-hydrogen) atoms. The molecular formula is C14H17N3O2. The Morgan fingerprint density at radius 3 is 2.84 bits per heavy atom. The van der Waals surface area contributed by atoms with E-state index in [2.05, 4.69) is 9.98 Å². The Labute approximate surface area is 111 Å². The molecule has 0 aromatic carbocycles. The van der Waals surface area contributed by atoms with Crippen LogP contribution in [-0.2, 0) is 4.79 Å². The minimum absolute atomic E-state index is 0.0829. The molecule has 1 heterocycles. The van der Waals surface area contributed by atoms with E-state index in [1.54, 1.807) is 18.3 Å². The molecule has 1 aromatic rings. The second kappa shape index (κ2) is 4.84. The van der Waals surface area contributed by atoms with Crippen LogP contribution in [0.5, 0.6) is 0 Å². The molecule has 0 saturated heterocycles. The molecule has 3 N–H and O–H groups in total. The lowest BCUT2D eigenvalue weighted by Crippen LogP contribution is -2.26. The second-order valence-electron chi connectivity index (χ2n) is 5.48. The zero-order valence-corrected chi connectivity index (χ0v) is 11.1. The van der Waals surface area contributed by atoms with Gasteiger partial charge in [-0.2, -0.15) is 0 Å². The van der Waals surface area contributed by atoms with Crippen LogP contribution in [0.15, 0.2) is 34.7 Å². The number of pyridine rings is 1. The van der Waals surface area contributed by atoms with Gasteiger partial charge < -0.3 is 10.8 Å². The van der Waals surface area contributed by atoms with Crippen molar-refractivity contribution in [2.75, 3.05) is 5.73 Å². The largest absolute Gasteiger partial charge is 0.511 e. The van der Waals surface area contributed by atoms with E-state index >= 15 is 0 Å². The lowest BCUT2D eigenvalue weighted by molar-refractivity contribution is -0.117. The highest BCUT2D eigenvalue weighted by Crippen LogP contribution is 2.35. The minimum Gasteiger partial charge on any atom is -0.511 e. The van der Waals surface area contributed by atoms with E-state index in [1.165, 1.54) is 6.21 Å². The van der Waals surface area contributed by atoms with Crippen LogP contribution in [0.1, 0.15) is 26.7 Å². The summed E-state index contributed by atoms with van der Waals surface area (Å²) in [6, 6.07) is 3.39. The molecule has 0 aliphatic heterocycles. The highest BCUT2D eigenvalue weighted by atomic mass is 16.3. The van der Waals surface area contributed by atoms with Gasteiger partial charge in [0, 0.05) is 25.3 Å². The maximum Gasteiger partial charge on any atom is 0.175 e. The van der Waals surface area contributed by atoms with Gasteiger partial charge in [0.1, 0.15) is 5.76 Å². The molecule has 0 bridgehead atoms. The Hall–Kier alpha value is -2.17. The van der Waals surface area contributed by atoms with Crippen molar-refractivity contribution in [3.05, 3.63) is 29.7 Å². The van der Waals surface area contributed by atoms with Crippen LogP contribution in [0.3, 0.4) is 0 Å². The van der Waals surface area contributed by atoms with Crippen LogP contribution in [-0.4, -0.2) is 22.1 Å². The number of nitrogens with zero attached hydrogens (tertiary/aromatic N) is 2. The monoisotopic (exact) mass is 259 g/mol. The Morgan fingerprint density at radius 1 is 1.47 bits per heavy atom. The van der Waals surface area contributed by atoms with Crippen LogP contribution >= 0.6 is 0 Å². The van der Waals surface area contributed by atoms with Gasteiger partial charge >= 0.3 is 0 Å². The molecular weight excluding hydrogens is 242 g/mol. The van der Waals surface area contributed by atoms with E-state index in [-0.39, 0.29) is 22.5 Å². The Kier molecular flexibility index (Phi) is 3.38. The smallest absolute Gasteiger partial charge is 0.175 e. The Morgan fingerprint density at radius 2 is 2.21 bits per heavy atom. The molecule has 1 aliphatic carbocycles. The number of carbonyl (C=O) groups is 1. The van der Waals surface area contributed by atoms with Crippen LogP contribution in [0, 0.1) is 5.41 Å². The third-order valence-electron chi connectivity index (χ3n) is 3.03. The summed E-state index contributed by atoms with van der Waals surface area (Å²) in [5.41, 5.74) is 6.19. The molecule has 1 aromatic heterocycles. The predicted molar refractivity (Wildman–Crippen MR) is 74.5 cm³/mol. The van der Waals surface area contributed by atoms with Crippen molar-refractivity contribution in [1.29, 1.82) is 0 Å². The number of aliphatic hydroxyl groups excluding tert-OH is 1. The predicted octanol–water partition coefficient (Wildman–Crippen LogP) is 2.57. The summed E-state index contributed by atoms with van der Waals surface area (Å²) >= 11 is 0. The standard InChI is InChI=1S/C14H17N3O2/c1-14(2)6-11(18)9(12(19)7-14)8-17-13-10(15)4-3-5-16-13/h3-5,8,18H,6-7,15H2,1-2H3/b17-8+. The first-order chi connectivity index (χ1) is 8.89. The average Bonchev–Trinajstić information content (AvgIpc) is 2.28. The number of rotatable bonds is 2. The number of nitrogen functional groups attached to an aromatic ring is 1. The van der Waals surface area contributed by atoms with Crippen molar-refractivity contribution >= 4 is 23.5 Å². The number of hydrogen-bond acceptors (Lipinski definition) is 5. The van der Waals surface area contributed by atoms with Crippen molar-refractivity contribution < 1.29 is 9.90 Å². The molecule has 0 atom stereocenters. The summed E-state index contributed by atoms with van der Waals surface area (Å²) < 4.78 is 0. The molecule has 1 aliphatic rings. The van der Waals surface area contributed by atoms with Gasteiger partial charge in [0.15, 0.2) is 11.6 Å². The normalized spacial score (nSPS) is 19.2. The van der Waals surface area contributed by atoms with Crippen molar-refractivity contribution in [3.63, 3.8) is 0 Å². The summed E-state index contributed by atoms with van der Waals surface area (Å²) in [6.45, 7) is 3.90. The molecule has 0 fully saturated rings. The fourth-order valence-corrected chi connectivity index (χ4v) is 2.09. The van der Waals surface area contributed by atoms with Crippen molar-refractivity contribution in [2.24, 2.45) is 10.4 Å². The van der Waals surface area contributed by atoms with E-state index in [4.69, 9.17) is 5.73 Å². The van der Waals surface area contributed by atoms with Gasteiger partial charge in [-0.1, -0.05) is 13.8 Å². The van der Waals surface area contributed by atoms with Gasteiger partial charge in [-0.05, 0) is 17.5 Å². The summed E-state index contributed by atoms with van der Waals surface area (Å²) in [5.74, 6) is 0.326. The number of carbonyl (C=O) groups excluding carboxylic acids is 1. The third-order valence-corrected chi connectivity index (χ3v) is 3.03. The van der Waals surface area contributed by atoms with Gasteiger partial charge in [-0.25, -0.2) is 9.98 Å². The zero-order chi connectivity index (χ0) is 14.0. The third kappa shape index (κ3) is 2.99. The molecule has 100 valence electrons. The van der Waals surface area contributed by atoms with E-state index < -0.39 is 0 Å². The lowest BCUT2D eigenvalue weighted by atomic mass is 9.77. The quantitative estimate of drug-likeness (QED) is 0.799. The van der Waals surface area contributed by atoms with Crippen LogP contribution in [0.4, 0.5) is 11.5 Å². The van der Waals surface area contributed by atoms with Crippen molar-refractivity contribution in [2.45, 2.75) is 26.7 Å². The molecule has 2 rings (SSSR count). The maximum atomic E-state index is 12.0. The van der Waals surface area contributed by atoms with Gasteiger partial charge in [-0.15, -0.1) is 0 Å². The van der Waals surface area contributed by atoms with Gasteiger partial charge in [0.2, 0.25) is 0 Å². The second-order valence-corrected chi connectivity index (χ2v) is 5.48.